The lowest BCUT2D eigenvalue weighted by molar-refractivity contribution is -0.147. The van der Waals surface area contributed by atoms with Gasteiger partial charge < -0.3 is 4.74 Å². The number of rotatable bonds is 6. The molecule has 3 atom stereocenters. The summed E-state index contributed by atoms with van der Waals surface area (Å²) in [6, 6.07) is 7.67. The van der Waals surface area contributed by atoms with Crippen molar-refractivity contribution in [2.24, 2.45) is 5.92 Å². The zero-order chi connectivity index (χ0) is 17.9. The molecule has 2 aliphatic rings. The SMILES string of the molecule is CCCCOC(=O)[C@@H]1C[C@H]2CCCC[C@@H]2N1S(=O)(=O)c1ccccc1. The van der Waals surface area contributed by atoms with E-state index < -0.39 is 16.1 Å². The van der Waals surface area contributed by atoms with Gasteiger partial charge in [0.1, 0.15) is 6.04 Å². The highest BCUT2D eigenvalue weighted by Crippen LogP contribution is 2.43. The van der Waals surface area contributed by atoms with Crippen LogP contribution in [0.2, 0.25) is 0 Å². The Morgan fingerprint density at radius 1 is 1.20 bits per heavy atom. The average molecular weight is 365 g/mol. The Morgan fingerprint density at radius 3 is 2.64 bits per heavy atom. The number of hydrogen-bond acceptors (Lipinski definition) is 4. The van der Waals surface area contributed by atoms with Crippen molar-refractivity contribution < 1.29 is 17.9 Å². The first-order valence-corrected chi connectivity index (χ1v) is 10.7. The third-order valence-corrected chi connectivity index (χ3v) is 7.31. The fourth-order valence-corrected chi connectivity index (χ4v) is 5.98. The smallest absolute Gasteiger partial charge is 0.324 e. The van der Waals surface area contributed by atoms with E-state index in [0.717, 1.165) is 38.5 Å². The molecule has 0 bridgehead atoms. The van der Waals surface area contributed by atoms with Crippen molar-refractivity contribution >= 4 is 16.0 Å². The molecule has 1 heterocycles. The molecule has 0 aromatic heterocycles. The standard InChI is InChI=1S/C19H27NO4S/c1-2-3-13-24-19(21)18-14-15-9-7-8-12-17(15)20(18)25(22,23)16-10-5-4-6-11-16/h4-6,10-11,15,17-18H,2-3,7-9,12-14H2,1H3/t15-,17+,18+/m1/s1. The summed E-state index contributed by atoms with van der Waals surface area (Å²) in [6.45, 7) is 2.39. The van der Waals surface area contributed by atoms with Crippen LogP contribution >= 0.6 is 0 Å². The van der Waals surface area contributed by atoms with E-state index in [2.05, 4.69) is 0 Å². The van der Waals surface area contributed by atoms with Crippen LogP contribution in [-0.4, -0.2) is 37.4 Å². The molecular weight excluding hydrogens is 338 g/mol. The van der Waals surface area contributed by atoms with Crippen molar-refractivity contribution in [3.63, 3.8) is 0 Å². The van der Waals surface area contributed by atoms with Crippen LogP contribution in [0.15, 0.2) is 35.2 Å². The molecule has 0 unspecified atom stereocenters. The van der Waals surface area contributed by atoms with Gasteiger partial charge >= 0.3 is 5.97 Å². The van der Waals surface area contributed by atoms with Gasteiger partial charge in [0, 0.05) is 6.04 Å². The zero-order valence-electron chi connectivity index (χ0n) is 14.8. The Bertz CT molecular complexity index is 689. The van der Waals surface area contributed by atoms with Gasteiger partial charge in [0.15, 0.2) is 0 Å². The second-order valence-electron chi connectivity index (χ2n) is 7.03. The number of nitrogens with zero attached hydrogens (tertiary/aromatic N) is 1. The van der Waals surface area contributed by atoms with Gasteiger partial charge in [-0.15, -0.1) is 0 Å². The lowest BCUT2D eigenvalue weighted by Gasteiger charge is -2.32. The maximum Gasteiger partial charge on any atom is 0.324 e. The van der Waals surface area contributed by atoms with Crippen LogP contribution in [0.5, 0.6) is 0 Å². The van der Waals surface area contributed by atoms with E-state index in [1.54, 1.807) is 30.3 Å². The summed E-state index contributed by atoms with van der Waals surface area (Å²) in [4.78, 5) is 12.9. The molecule has 5 nitrogen and oxygen atoms in total. The van der Waals surface area contributed by atoms with Crippen molar-refractivity contribution in [2.75, 3.05) is 6.61 Å². The van der Waals surface area contributed by atoms with Crippen molar-refractivity contribution in [3.8, 4) is 0 Å². The first-order valence-electron chi connectivity index (χ1n) is 9.31. The topological polar surface area (TPSA) is 63.7 Å². The minimum atomic E-state index is -3.70. The quantitative estimate of drug-likeness (QED) is 0.573. The Kier molecular flexibility index (Phi) is 5.79. The first-order chi connectivity index (χ1) is 12.1. The number of carbonyl (C=O) groups is 1. The number of sulfonamides is 1. The number of ether oxygens (including phenoxy) is 1. The van der Waals surface area contributed by atoms with E-state index in [-0.39, 0.29) is 22.8 Å². The molecule has 1 aromatic rings. The highest BCUT2D eigenvalue weighted by atomic mass is 32.2. The average Bonchev–Trinajstić information content (AvgIpc) is 3.03. The molecule has 0 spiro atoms. The van der Waals surface area contributed by atoms with E-state index in [0.29, 0.717) is 13.0 Å². The van der Waals surface area contributed by atoms with Crippen LogP contribution in [0.25, 0.3) is 0 Å². The molecule has 0 N–H and O–H groups in total. The summed E-state index contributed by atoms with van der Waals surface area (Å²) in [5.74, 6) is -0.127. The molecule has 1 aliphatic heterocycles. The van der Waals surface area contributed by atoms with Crippen molar-refractivity contribution in [1.29, 1.82) is 0 Å². The van der Waals surface area contributed by atoms with Crippen molar-refractivity contribution in [3.05, 3.63) is 30.3 Å². The fraction of sp³-hybridized carbons (Fsp3) is 0.632. The lowest BCUT2D eigenvalue weighted by Crippen LogP contribution is -2.46. The number of benzene rings is 1. The van der Waals surface area contributed by atoms with Gasteiger partial charge in [-0.2, -0.15) is 4.31 Å². The van der Waals surface area contributed by atoms with Gasteiger partial charge in [-0.1, -0.05) is 44.4 Å². The van der Waals surface area contributed by atoms with Crippen LogP contribution in [0.1, 0.15) is 51.9 Å². The van der Waals surface area contributed by atoms with E-state index in [9.17, 15) is 13.2 Å². The van der Waals surface area contributed by atoms with Crippen molar-refractivity contribution in [2.45, 2.75) is 68.8 Å². The van der Waals surface area contributed by atoms with E-state index in [1.165, 1.54) is 4.31 Å². The number of unbranched alkanes of at least 4 members (excludes halogenated alkanes) is 1. The molecule has 138 valence electrons. The molecule has 0 amide bonds. The molecule has 6 heteroatoms. The van der Waals surface area contributed by atoms with Crippen LogP contribution in [-0.2, 0) is 19.6 Å². The van der Waals surface area contributed by atoms with Crippen LogP contribution in [0, 0.1) is 5.92 Å². The number of carbonyl (C=O) groups excluding carboxylic acids is 1. The van der Waals surface area contributed by atoms with E-state index in [1.807, 2.05) is 6.92 Å². The first kappa shape index (κ1) is 18.4. The normalized spacial score (nSPS) is 27.0. The Hall–Kier alpha value is -1.40. The maximum absolute atomic E-state index is 13.3. The van der Waals surface area contributed by atoms with Gasteiger partial charge in [0.05, 0.1) is 11.5 Å². The largest absolute Gasteiger partial charge is 0.464 e. The van der Waals surface area contributed by atoms with Gasteiger partial charge in [-0.25, -0.2) is 8.42 Å². The minimum absolute atomic E-state index is 0.0809. The van der Waals surface area contributed by atoms with Gasteiger partial charge in [-0.3, -0.25) is 4.79 Å². The highest BCUT2D eigenvalue weighted by Gasteiger charge is 2.51. The van der Waals surface area contributed by atoms with Crippen LogP contribution in [0.3, 0.4) is 0 Å². The summed E-state index contributed by atoms with van der Waals surface area (Å²) in [5, 5.41) is 0. The fourth-order valence-electron chi connectivity index (χ4n) is 4.09. The molecule has 0 radical (unpaired) electrons. The second-order valence-corrected chi connectivity index (χ2v) is 8.88. The molecule has 2 fully saturated rings. The summed E-state index contributed by atoms with van der Waals surface area (Å²) < 4.78 is 33.4. The molecule has 1 saturated heterocycles. The third kappa shape index (κ3) is 3.75. The second kappa shape index (κ2) is 7.87. The summed E-state index contributed by atoms with van der Waals surface area (Å²) in [6.07, 6.45) is 6.27. The number of fused-ring (bicyclic) bond motifs is 1. The predicted octanol–water partition coefficient (Wildman–Crippen LogP) is 3.35. The molecular formula is C19H27NO4S. The molecule has 1 saturated carbocycles. The monoisotopic (exact) mass is 365 g/mol. The predicted molar refractivity (Wildman–Crippen MR) is 95.5 cm³/mol. The van der Waals surface area contributed by atoms with E-state index >= 15 is 0 Å². The molecule has 25 heavy (non-hydrogen) atoms. The van der Waals surface area contributed by atoms with E-state index in [4.69, 9.17) is 4.74 Å². The molecule has 1 aromatic carbocycles. The van der Waals surface area contributed by atoms with Gasteiger partial charge in [0.25, 0.3) is 0 Å². The Labute approximate surface area is 150 Å². The minimum Gasteiger partial charge on any atom is -0.464 e. The summed E-state index contributed by atoms with van der Waals surface area (Å²) >= 11 is 0. The summed E-state index contributed by atoms with van der Waals surface area (Å²) in [5.41, 5.74) is 0. The Morgan fingerprint density at radius 2 is 1.92 bits per heavy atom. The summed E-state index contributed by atoms with van der Waals surface area (Å²) in [7, 11) is -3.70. The zero-order valence-corrected chi connectivity index (χ0v) is 15.6. The number of hydrogen-bond donors (Lipinski definition) is 0. The Balaban J connectivity index is 1.89. The van der Waals surface area contributed by atoms with Gasteiger partial charge in [-0.05, 0) is 43.7 Å². The molecule has 1 aliphatic carbocycles. The molecule has 3 rings (SSSR count). The van der Waals surface area contributed by atoms with Crippen LogP contribution in [0.4, 0.5) is 0 Å². The highest BCUT2D eigenvalue weighted by molar-refractivity contribution is 7.89. The number of esters is 1. The van der Waals surface area contributed by atoms with Crippen LogP contribution < -0.4 is 0 Å². The maximum atomic E-state index is 13.3. The lowest BCUT2D eigenvalue weighted by atomic mass is 9.85. The van der Waals surface area contributed by atoms with Crippen molar-refractivity contribution in [1.82, 2.24) is 4.31 Å². The van der Waals surface area contributed by atoms with Gasteiger partial charge in [0.2, 0.25) is 10.0 Å². The third-order valence-electron chi connectivity index (χ3n) is 5.36.